The highest BCUT2D eigenvalue weighted by Crippen LogP contribution is 2.27. The second-order valence-electron chi connectivity index (χ2n) is 5.51. The summed E-state index contributed by atoms with van der Waals surface area (Å²) in [6.07, 6.45) is 0.958. The third kappa shape index (κ3) is 3.83. The molecule has 0 aromatic heterocycles. The van der Waals surface area contributed by atoms with E-state index in [1.54, 1.807) is 12.1 Å². The Kier molecular flexibility index (Phi) is 5.08. The van der Waals surface area contributed by atoms with Crippen LogP contribution in [0.4, 0.5) is 17.1 Å². The minimum atomic E-state index is -3.83. The molecule has 8 heteroatoms. The number of hydrogen-bond acceptors (Lipinski definition) is 5. The molecule has 0 saturated heterocycles. The number of anilines is 2. The molecule has 128 valence electrons. The van der Waals surface area contributed by atoms with Crippen molar-refractivity contribution in [2.45, 2.75) is 31.1 Å². The number of nitro benzene ring substituents is 1. The van der Waals surface area contributed by atoms with E-state index in [4.69, 9.17) is 5.73 Å². The predicted octanol–water partition coefficient (Wildman–Crippen LogP) is 3.49. The minimum Gasteiger partial charge on any atom is -0.393 e. The summed E-state index contributed by atoms with van der Waals surface area (Å²) in [7, 11) is -3.83. The fraction of sp³-hybridized carbons (Fsp3) is 0.250. The van der Waals surface area contributed by atoms with Crippen LogP contribution in [0.3, 0.4) is 0 Å². The van der Waals surface area contributed by atoms with Gasteiger partial charge in [0, 0.05) is 6.07 Å². The Morgan fingerprint density at radius 1 is 1.21 bits per heavy atom. The quantitative estimate of drug-likeness (QED) is 0.470. The van der Waals surface area contributed by atoms with Crippen molar-refractivity contribution in [3.05, 3.63) is 58.1 Å². The van der Waals surface area contributed by atoms with Gasteiger partial charge in [-0.15, -0.1) is 0 Å². The first-order valence-corrected chi connectivity index (χ1v) is 8.89. The normalized spacial score (nSPS) is 12.6. The van der Waals surface area contributed by atoms with Gasteiger partial charge in [0.15, 0.2) is 0 Å². The smallest absolute Gasteiger partial charge is 0.294 e. The summed E-state index contributed by atoms with van der Waals surface area (Å²) >= 11 is 0. The number of nitrogens with zero attached hydrogens (tertiary/aromatic N) is 1. The van der Waals surface area contributed by atoms with E-state index in [1.807, 2.05) is 0 Å². The molecule has 2 aromatic carbocycles. The third-order valence-electron chi connectivity index (χ3n) is 3.85. The van der Waals surface area contributed by atoms with Gasteiger partial charge in [0.2, 0.25) is 0 Å². The van der Waals surface area contributed by atoms with Crippen molar-refractivity contribution in [2.24, 2.45) is 0 Å². The van der Waals surface area contributed by atoms with Crippen LogP contribution in [0.25, 0.3) is 0 Å². The summed E-state index contributed by atoms with van der Waals surface area (Å²) in [6.45, 7) is 4.13. The van der Waals surface area contributed by atoms with Crippen LogP contribution in [0.2, 0.25) is 0 Å². The molecule has 0 saturated carbocycles. The molecule has 7 nitrogen and oxygen atoms in total. The summed E-state index contributed by atoms with van der Waals surface area (Å²) in [5, 5.41) is 10.9. The monoisotopic (exact) mass is 349 g/mol. The largest absolute Gasteiger partial charge is 0.393 e. The lowest BCUT2D eigenvalue weighted by molar-refractivity contribution is -0.383. The SMILES string of the molecule is CC[C@@H](C)c1ccc(S(=O)(=O)Nc2ccc(N)c([N+](=O)[O-])c2)cc1. The van der Waals surface area contributed by atoms with Gasteiger partial charge in [-0.1, -0.05) is 26.0 Å². The maximum absolute atomic E-state index is 12.4. The fourth-order valence-corrected chi connectivity index (χ4v) is 3.24. The van der Waals surface area contributed by atoms with Gasteiger partial charge < -0.3 is 5.73 Å². The van der Waals surface area contributed by atoms with E-state index >= 15 is 0 Å². The zero-order chi connectivity index (χ0) is 17.9. The number of nitrogen functional groups attached to an aromatic ring is 1. The third-order valence-corrected chi connectivity index (χ3v) is 5.25. The number of benzene rings is 2. The van der Waals surface area contributed by atoms with Crippen molar-refractivity contribution in [3.63, 3.8) is 0 Å². The highest BCUT2D eigenvalue weighted by Gasteiger charge is 2.18. The van der Waals surface area contributed by atoms with Crippen LogP contribution in [-0.4, -0.2) is 13.3 Å². The number of sulfonamides is 1. The first kappa shape index (κ1) is 17.7. The second-order valence-corrected chi connectivity index (χ2v) is 7.20. The van der Waals surface area contributed by atoms with Gasteiger partial charge in [-0.2, -0.15) is 0 Å². The van der Waals surface area contributed by atoms with Gasteiger partial charge in [-0.3, -0.25) is 14.8 Å². The molecule has 0 heterocycles. The zero-order valence-electron chi connectivity index (χ0n) is 13.4. The predicted molar refractivity (Wildman–Crippen MR) is 93.5 cm³/mol. The molecule has 2 rings (SSSR count). The van der Waals surface area contributed by atoms with Crippen molar-refractivity contribution in [3.8, 4) is 0 Å². The Morgan fingerprint density at radius 2 is 1.83 bits per heavy atom. The second kappa shape index (κ2) is 6.88. The first-order valence-electron chi connectivity index (χ1n) is 7.41. The zero-order valence-corrected chi connectivity index (χ0v) is 14.2. The Bertz CT molecular complexity index is 848. The average Bonchev–Trinajstić information content (AvgIpc) is 2.55. The lowest BCUT2D eigenvalue weighted by Crippen LogP contribution is -2.13. The Labute approximate surface area is 140 Å². The molecule has 24 heavy (non-hydrogen) atoms. The molecule has 0 unspecified atom stereocenters. The van der Waals surface area contributed by atoms with Crippen LogP contribution in [0, 0.1) is 10.1 Å². The average molecular weight is 349 g/mol. The number of rotatable bonds is 6. The molecular formula is C16H19N3O4S. The topological polar surface area (TPSA) is 115 Å². The van der Waals surface area contributed by atoms with Crippen LogP contribution in [0.1, 0.15) is 31.7 Å². The number of hydrogen-bond donors (Lipinski definition) is 2. The van der Waals surface area contributed by atoms with Gasteiger partial charge in [0.1, 0.15) is 5.69 Å². The maximum Gasteiger partial charge on any atom is 0.294 e. The number of nitro groups is 1. The number of nitrogens with one attached hydrogen (secondary N) is 1. The lowest BCUT2D eigenvalue weighted by atomic mass is 9.99. The van der Waals surface area contributed by atoms with Crippen LogP contribution in [0.15, 0.2) is 47.4 Å². The molecular weight excluding hydrogens is 330 g/mol. The van der Waals surface area contributed by atoms with E-state index in [-0.39, 0.29) is 22.0 Å². The molecule has 0 fully saturated rings. The molecule has 0 aliphatic carbocycles. The molecule has 0 aliphatic rings. The van der Waals surface area contributed by atoms with Crippen molar-refractivity contribution in [1.82, 2.24) is 0 Å². The van der Waals surface area contributed by atoms with Crippen molar-refractivity contribution in [1.29, 1.82) is 0 Å². The van der Waals surface area contributed by atoms with E-state index in [2.05, 4.69) is 18.6 Å². The molecule has 0 radical (unpaired) electrons. The Balaban J connectivity index is 2.28. The molecule has 0 amide bonds. The summed E-state index contributed by atoms with van der Waals surface area (Å²) in [5.74, 6) is 0.342. The van der Waals surface area contributed by atoms with Crippen LogP contribution in [0.5, 0.6) is 0 Å². The molecule has 1 atom stereocenters. The van der Waals surface area contributed by atoms with Crippen LogP contribution in [-0.2, 0) is 10.0 Å². The minimum absolute atomic E-state index is 0.0270. The first-order chi connectivity index (χ1) is 11.2. The summed E-state index contributed by atoms with van der Waals surface area (Å²) in [5.41, 5.74) is 6.27. The lowest BCUT2D eigenvalue weighted by Gasteiger charge is -2.11. The van der Waals surface area contributed by atoms with E-state index in [0.29, 0.717) is 5.92 Å². The fourth-order valence-electron chi connectivity index (χ4n) is 2.19. The standard InChI is InChI=1S/C16H19N3O4S/c1-3-11(2)12-4-7-14(8-5-12)24(22,23)18-13-6-9-15(17)16(10-13)19(20)21/h4-11,18H,3,17H2,1-2H3/t11-/m1/s1. The highest BCUT2D eigenvalue weighted by molar-refractivity contribution is 7.92. The molecule has 2 aromatic rings. The van der Waals surface area contributed by atoms with Gasteiger partial charge in [-0.05, 0) is 42.2 Å². The van der Waals surface area contributed by atoms with Crippen LogP contribution >= 0.6 is 0 Å². The highest BCUT2D eigenvalue weighted by atomic mass is 32.2. The van der Waals surface area contributed by atoms with Crippen molar-refractivity contribution in [2.75, 3.05) is 10.5 Å². The van der Waals surface area contributed by atoms with Gasteiger partial charge >= 0.3 is 0 Å². The van der Waals surface area contributed by atoms with E-state index < -0.39 is 14.9 Å². The van der Waals surface area contributed by atoms with Gasteiger partial charge in [0.25, 0.3) is 15.7 Å². The van der Waals surface area contributed by atoms with Crippen molar-refractivity contribution < 1.29 is 13.3 Å². The van der Waals surface area contributed by atoms with E-state index in [9.17, 15) is 18.5 Å². The molecule has 0 spiro atoms. The summed E-state index contributed by atoms with van der Waals surface area (Å²) < 4.78 is 27.1. The molecule has 0 bridgehead atoms. The molecule has 0 aliphatic heterocycles. The van der Waals surface area contributed by atoms with Gasteiger partial charge in [0.05, 0.1) is 15.5 Å². The summed E-state index contributed by atoms with van der Waals surface area (Å²) in [6, 6.07) is 10.4. The Hall–Kier alpha value is -2.61. The maximum atomic E-state index is 12.4. The summed E-state index contributed by atoms with van der Waals surface area (Å²) in [4.78, 5) is 10.3. The van der Waals surface area contributed by atoms with E-state index in [0.717, 1.165) is 18.1 Å². The van der Waals surface area contributed by atoms with Gasteiger partial charge in [-0.25, -0.2) is 8.42 Å². The Morgan fingerprint density at radius 3 is 2.38 bits per heavy atom. The van der Waals surface area contributed by atoms with Crippen LogP contribution < -0.4 is 10.5 Å². The van der Waals surface area contributed by atoms with E-state index in [1.165, 1.54) is 24.3 Å². The number of nitrogens with two attached hydrogens (primary N) is 1. The molecule has 3 N–H and O–H groups in total. The van der Waals surface area contributed by atoms with Crippen molar-refractivity contribution >= 4 is 27.1 Å².